The molecule has 0 spiro atoms. The standard InChI is InChI=1S/C7H7BrN2O2/c1-5-2-6(3-8)9-4-7(5)10(11)12/h2,4H,3H2,1H3. The third-order valence-corrected chi connectivity index (χ3v) is 2.05. The van der Waals surface area contributed by atoms with E-state index in [9.17, 15) is 10.1 Å². The molecule has 0 saturated carbocycles. The molecule has 0 radical (unpaired) electrons. The fourth-order valence-electron chi connectivity index (χ4n) is 0.871. The summed E-state index contributed by atoms with van der Waals surface area (Å²) in [6, 6.07) is 1.70. The number of hydrogen-bond acceptors (Lipinski definition) is 3. The Kier molecular flexibility index (Phi) is 2.75. The Morgan fingerprint density at radius 1 is 1.75 bits per heavy atom. The van der Waals surface area contributed by atoms with Crippen LogP contribution in [0.2, 0.25) is 0 Å². The van der Waals surface area contributed by atoms with Gasteiger partial charge in [0.25, 0.3) is 5.69 Å². The number of hydrogen-bond donors (Lipinski definition) is 0. The van der Waals surface area contributed by atoms with E-state index in [0.29, 0.717) is 10.9 Å². The van der Waals surface area contributed by atoms with Crippen molar-refractivity contribution in [2.24, 2.45) is 0 Å². The molecule has 0 amide bonds. The topological polar surface area (TPSA) is 56.0 Å². The molecule has 5 heteroatoms. The van der Waals surface area contributed by atoms with Crippen LogP contribution in [0.25, 0.3) is 0 Å². The van der Waals surface area contributed by atoms with E-state index in [-0.39, 0.29) is 5.69 Å². The maximum Gasteiger partial charge on any atom is 0.290 e. The predicted molar refractivity (Wildman–Crippen MR) is 48.3 cm³/mol. The van der Waals surface area contributed by atoms with Crippen LogP contribution in [-0.2, 0) is 5.33 Å². The van der Waals surface area contributed by atoms with E-state index in [4.69, 9.17) is 0 Å². The number of halogens is 1. The molecule has 64 valence electrons. The van der Waals surface area contributed by atoms with Gasteiger partial charge in [-0.05, 0) is 13.0 Å². The number of alkyl halides is 1. The summed E-state index contributed by atoms with van der Waals surface area (Å²) < 4.78 is 0. The van der Waals surface area contributed by atoms with Gasteiger partial charge < -0.3 is 0 Å². The second-order valence-electron chi connectivity index (χ2n) is 2.35. The van der Waals surface area contributed by atoms with Gasteiger partial charge in [-0.3, -0.25) is 15.1 Å². The Bertz CT molecular complexity index is 314. The predicted octanol–water partition coefficient (Wildman–Crippen LogP) is 2.19. The van der Waals surface area contributed by atoms with Gasteiger partial charge in [0, 0.05) is 10.9 Å². The quantitative estimate of drug-likeness (QED) is 0.445. The molecular formula is C7H7BrN2O2. The molecule has 1 aromatic rings. The molecule has 0 N–H and O–H groups in total. The lowest BCUT2D eigenvalue weighted by atomic mass is 10.2. The van der Waals surface area contributed by atoms with Gasteiger partial charge in [-0.15, -0.1) is 0 Å². The van der Waals surface area contributed by atoms with Crippen molar-refractivity contribution in [2.75, 3.05) is 0 Å². The Morgan fingerprint density at radius 3 is 2.83 bits per heavy atom. The van der Waals surface area contributed by atoms with Crippen molar-refractivity contribution in [3.8, 4) is 0 Å². The fraction of sp³-hybridized carbons (Fsp3) is 0.286. The monoisotopic (exact) mass is 230 g/mol. The lowest BCUT2D eigenvalue weighted by Gasteiger charge is -1.97. The largest absolute Gasteiger partial charge is 0.290 e. The van der Waals surface area contributed by atoms with E-state index in [1.54, 1.807) is 13.0 Å². The maximum atomic E-state index is 10.4. The summed E-state index contributed by atoms with van der Waals surface area (Å²) in [5, 5.41) is 11.0. The summed E-state index contributed by atoms with van der Waals surface area (Å²) in [7, 11) is 0. The van der Waals surface area contributed by atoms with Gasteiger partial charge >= 0.3 is 0 Å². The van der Waals surface area contributed by atoms with Gasteiger partial charge in [0.2, 0.25) is 0 Å². The number of aryl methyl sites for hydroxylation is 1. The lowest BCUT2D eigenvalue weighted by Crippen LogP contribution is -1.94. The Labute approximate surface area is 77.9 Å². The van der Waals surface area contributed by atoms with Crippen molar-refractivity contribution < 1.29 is 4.92 Å². The summed E-state index contributed by atoms with van der Waals surface area (Å²) in [6.07, 6.45) is 1.28. The van der Waals surface area contributed by atoms with E-state index < -0.39 is 4.92 Å². The van der Waals surface area contributed by atoms with Crippen LogP contribution < -0.4 is 0 Å². The molecule has 1 aromatic heterocycles. The van der Waals surface area contributed by atoms with Gasteiger partial charge in [-0.1, -0.05) is 15.9 Å². The molecule has 0 bridgehead atoms. The molecule has 0 aliphatic heterocycles. The van der Waals surface area contributed by atoms with Gasteiger partial charge in [0.15, 0.2) is 0 Å². The van der Waals surface area contributed by atoms with Crippen LogP contribution in [0.3, 0.4) is 0 Å². The van der Waals surface area contributed by atoms with Crippen LogP contribution in [0, 0.1) is 17.0 Å². The first kappa shape index (κ1) is 9.12. The van der Waals surface area contributed by atoms with E-state index in [2.05, 4.69) is 20.9 Å². The number of nitro groups is 1. The second kappa shape index (κ2) is 3.62. The summed E-state index contributed by atoms with van der Waals surface area (Å²) in [4.78, 5) is 13.8. The molecule has 0 aliphatic rings. The summed E-state index contributed by atoms with van der Waals surface area (Å²) in [5.41, 5.74) is 1.52. The summed E-state index contributed by atoms with van der Waals surface area (Å²) >= 11 is 3.22. The second-order valence-corrected chi connectivity index (χ2v) is 2.91. The first-order chi connectivity index (χ1) is 5.65. The molecule has 0 aliphatic carbocycles. The zero-order valence-electron chi connectivity index (χ0n) is 6.45. The summed E-state index contributed by atoms with van der Waals surface area (Å²) in [6.45, 7) is 1.70. The van der Waals surface area contributed by atoms with E-state index in [1.165, 1.54) is 6.20 Å². The van der Waals surface area contributed by atoms with E-state index in [0.717, 1.165) is 5.69 Å². The SMILES string of the molecule is Cc1cc(CBr)ncc1[N+](=O)[O-]. The fourth-order valence-corrected chi connectivity index (χ4v) is 1.18. The first-order valence-corrected chi connectivity index (χ1v) is 4.43. The van der Waals surface area contributed by atoms with Crippen molar-refractivity contribution >= 4 is 21.6 Å². The van der Waals surface area contributed by atoms with Gasteiger partial charge in [-0.25, -0.2) is 0 Å². The third kappa shape index (κ3) is 1.79. The number of nitrogens with zero attached hydrogens (tertiary/aromatic N) is 2. The number of rotatable bonds is 2. The summed E-state index contributed by atoms with van der Waals surface area (Å²) in [5.74, 6) is 0. The molecule has 12 heavy (non-hydrogen) atoms. The Hall–Kier alpha value is -0.970. The zero-order valence-corrected chi connectivity index (χ0v) is 8.04. The molecule has 4 nitrogen and oxygen atoms in total. The minimum absolute atomic E-state index is 0.0692. The zero-order chi connectivity index (χ0) is 9.14. The lowest BCUT2D eigenvalue weighted by molar-refractivity contribution is -0.385. The molecule has 0 atom stereocenters. The smallest absolute Gasteiger partial charge is 0.258 e. The minimum atomic E-state index is -0.430. The minimum Gasteiger partial charge on any atom is -0.258 e. The molecule has 1 heterocycles. The van der Waals surface area contributed by atoms with Crippen molar-refractivity contribution in [2.45, 2.75) is 12.3 Å². The highest BCUT2D eigenvalue weighted by molar-refractivity contribution is 9.08. The number of aromatic nitrogens is 1. The van der Waals surface area contributed by atoms with Crippen molar-refractivity contribution in [3.63, 3.8) is 0 Å². The van der Waals surface area contributed by atoms with Gasteiger partial charge in [-0.2, -0.15) is 0 Å². The van der Waals surface area contributed by atoms with Crippen LogP contribution in [-0.4, -0.2) is 9.91 Å². The van der Waals surface area contributed by atoms with Crippen molar-refractivity contribution in [1.82, 2.24) is 4.98 Å². The normalized spacial score (nSPS) is 9.83. The number of pyridine rings is 1. The highest BCUT2D eigenvalue weighted by Crippen LogP contribution is 2.17. The van der Waals surface area contributed by atoms with Crippen LogP contribution in [0.4, 0.5) is 5.69 Å². The molecule has 0 aromatic carbocycles. The highest BCUT2D eigenvalue weighted by Gasteiger charge is 2.10. The van der Waals surface area contributed by atoms with Crippen molar-refractivity contribution in [3.05, 3.63) is 33.6 Å². The highest BCUT2D eigenvalue weighted by atomic mass is 79.9. The van der Waals surface area contributed by atoms with Crippen LogP contribution >= 0.6 is 15.9 Å². The van der Waals surface area contributed by atoms with Crippen LogP contribution in [0.1, 0.15) is 11.3 Å². The molecule has 0 unspecified atom stereocenters. The first-order valence-electron chi connectivity index (χ1n) is 3.31. The third-order valence-electron chi connectivity index (χ3n) is 1.47. The molecule has 0 saturated heterocycles. The molecule has 0 fully saturated rings. The molecular weight excluding hydrogens is 224 g/mol. The average Bonchev–Trinajstić information content (AvgIpc) is 2.03. The Morgan fingerprint density at radius 2 is 2.42 bits per heavy atom. The maximum absolute atomic E-state index is 10.4. The molecule has 1 rings (SSSR count). The van der Waals surface area contributed by atoms with Crippen LogP contribution in [0.15, 0.2) is 12.3 Å². The van der Waals surface area contributed by atoms with Gasteiger partial charge in [0.1, 0.15) is 6.20 Å². The van der Waals surface area contributed by atoms with Gasteiger partial charge in [0.05, 0.1) is 10.6 Å². The van der Waals surface area contributed by atoms with E-state index >= 15 is 0 Å². The van der Waals surface area contributed by atoms with E-state index in [1.807, 2.05) is 0 Å². The Balaban J connectivity index is 3.12. The van der Waals surface area contributed by atoms with Crippen LogP contribution in [0.5, 0.6) is 0 Å². The average molecular weight is 231 g/mol. The van der Waals surface area contributed by atoms with Crippen molar-refractivity contribution in [1.29, 1.82) is 0 Å².